The quantitative estimate of drug-likeness (QED) is 0.514. The second-order valence-electron chi connectivity index (χ2n) is 5.72. The highest BCUT2D eigenvalue weighted by Gasteiger charge is 2.08. The molecule has 6 nitrogen and oxygen atoms in total. The van der Waals surface area contributed by atoms with Crippen LogP contribution in [0.2, 0.25) is 0 Å². The van der Waals surface area contributed by atoms with Gasteiger partial charge in [0.05, 0.1) is 10.6 Å². The van der Waals surface area contributed by atoms with Crippen molar-refractivity contribution >= 4 is 17.3 Å². The zero-order valence-electron chi connectivity index (χ0n) is 13.8. The van der Waals surface area contributed by atoms with Crippen LogP contribution in [0, 0.1) is 10.1 Å². The molecule has 2 aromatic carbocycles. The van der Waals surface area contributed by atoms with Crippen LogP contribution in [-0.4, -0.2) is 16.5 Å². The monoisotopic (exact) mass is 325 g/mol. The van der Waals surface area contributed by atoms with E-state index in [4.69, 9.17) is 0 Å². The molecule has 24 heavy (non-hydrogen) atoms. The largest absolute Gasteiger partial charge is 0.271 e. The van der Waals surface area contributed by atoms with Crippen LogP contribution in [0.5, 0.6) is 0 Å². The Labute approximate surface area is 140 Å². The first-order valence-corrected chi connectivity index (χ1v) is 7.58. The van der Waals surface area contributed by atoms with Gasteiger partial charge in [0.25, 0.3) is 11.6 Å². The van der Waals surface area contributed by atoms with Crippen molar-refractivity contribution in [3.05, 3.63) is 75.3 Å². The number of nitro benzene ring substituents is 1. The van der Waals surface area contributed by atoms with Crippen molar-refractivity contribution in [1.82, 2.24) is 5.43 Å². The number of rotatable bonds is 5. The standard InChI is InChI=1S/C18H19N3O3/c1-12(2)14-4-6-16(7-5-14)18(22)20-19-13(3)15-8-10-17(11-9-15)21(23)24/h4-12H,1-3H3,(H,20,22)/b19-13+. The van der Waals surface area contributed by atoms with Gasteiger partial charge in [-0.3, -0.25) is 14.9 Å². The molecule has 6 heteroatoms. The highest BCUT2D eigenvalue weighted by atomic mass is 16.6. The lowest BCUT2D eigenvalue weighted by Gasteiger charge is -2.06. The second-order valence-corrected chi connectivity index (χ2v) is 5.72. The Morgan fingerprint density at radius 1 is 1.04 bits per heavy atom. The molecule has 0 saturated carbocycles. The number of hydrogen-bond donors (Lipinski definition) is 1. The molecule has 0 unspecified atom stereocenters. The summed E-state index contributed by atoms with van der Waals surface area (Å²) in [5, 5.41) is 14.7. The highest BCUT2D eigenvalue weighted by Crippen LogP contribution is 2.15. The van der Waals surface area contributed by atoms with E-state index in [2.05, 4.69) is 24.4 Å². The lowest BCUT2D eigenvalue weighted by Crippen LogP contribution is -2.19. The Kier molecular flexibility index (Phi) is 5.42. The van der Waals surface area contributed by atoms with E-state index in [1.54, 1.807) is 31.2 Å². The molecule has 0 atom stereocenters. The maximum atomic E-state index is 12.1. The molecular weight excluding hydrogens is 306 g/mol. The van der Waals surface area contributed by atoms with Crippen LogP contribution in [0.3, 0.4) is 0 Å². The van der Waals surface area contributed by atoms with Gasteiger partial charge in [0.15, 0.2) is 0 Å². The van der Waals surface area contributed by atoms with E-state index < -0.39 is 4.92 Å². The molecule has 0 aliphatic carbocycles. The SMILES string of the molecule is C/C(=N\NC(=O)c1ccc(C(C)C)cc1)c1ccc([N+](=O)[O-])cc1. The topological polar surface area (TPSA) is 84.6 Å². The molecule has 0 aliphatic rings. The van der Waals surface area contributed by atoms with Crippen molar-refractivity contribution in [2.75, 3.05) is 0 Å². The molecule has 0 aromatic heterocycles. The number of benzene rings is 2. The van der Waals surface area contributed by atoms with Crippen LogP contribution in [0.15, 0.2) is 53.6 Å². The van der Waals surface area contributed by atoms with E-state index in [0.717, 1.165) is 5.56 Å². The number of nitrogens with one attached hydrogen (secondary N) is 1. The maximum absolute atomic E-state index is 12.1. The summed E-state index contributed by atoms with van der Waals surface area (Å²) >= 11 is 0. The van der Waals surface area contributed by atoms with Crippen LogP contribution in [-0.2, 0) is 0 Å². The van der Waals surface area contributed by atoms with E-state index in [0.29, 0.717) is 22.8 Å². The van der Waals surface area contributed by atoms with E-state index in [9.17, 15) is 14.9 Å². The van der Waals surface area contributed by atoms with Crippen molar-refractivity contribution in [3.8, 4) is 0 Å². The number of carbonyl (C=O) groups is 1. The number of non-ortho nitro benzene ring substituents is 1. The molecule has 0 radical (unpaired) electrons. The molecule has 0 spiro atoms. The minimum absolute atomic E-state index is 0.0147. The molecular formula is C18H19N3O3. The Bertz CT molecular complexity index is 763. The van der Waals surface area contributed by atoms with Gasteiger partial charge in [-0.1, -0.05) is 26.0 Å². The first-order chi connectivity index (χ1) is 11.4. The van der Waals surface area contributed by atoms with Crippen molar-refractivity contribution in [2.45, 2.75) is 26.7 Å². The third-order valence-electron chi connectivity index (χ3n) is 3.66. The minimum atomic E-state index is -0.459. The van der Waals surface area contributed by atoms with Crippen LogP contribution >= 0.6 is 0 Å². The summed E-state index contributed by atoms with van der Waals surface area (Å²) in [6, 6.07) is 13.4. The summed E-state index contributed by atoms with van der Waals surface area (Å²) in [6.07, 6.45) is 0. The Morgan fingerprint density at radius 2 is 1.58 bits per heavy atom. The molecule has 0 saturated heterocycles. The van der Waals surface area contributed by atoms with Gasteiger partial charge in [0, 0.05) is 17.7 Å². The summed E-state index contributed by atoms with van der Waals surface area (Å²) in [4.78, 5) is 22.3. The van der Waals surface area contributed by atoms with E-state index in [-0.39, 0.29) is 11.6 Å². The van der Waals surface area contributed by atoms with Gasteiger partial charge in [0.2, 0.25) is 0 Å². The van der Waals surface area contributed by atoms with Crippen LogP contribution < -0.4 is 5.43 Å². The Hall–Kier alpha value is -3.02. The fourth-order valence-electron chi connectivity index (χ4n) is 2.11. The first-order valence-electron chi connectivity index (χ1n) is 7.58. The lowest BCUT2D eigenvalue weighted by molar-refractivity contribution is -0.384. The average molecular weight is 325 g/mol. The average Bonchev–Trinajstić information content (AvgIpc) is 2.59. The predicted molar refractivity (Wildman–Crippen MR) is 93.3 cm³/mol. The number of hydrazone groups is 1. The molecule has 0 bridgehead atoms. The molecule has 1 N–H and O–H groups in total. The van der Waals surface area contributed by atoms with Gasteiger partial charge in [-0.25, -0.2) is 5.43 Å². The predicted octanol–water partition coefficient (Wildman–Crippen LogP) is 3.87. The fraction of sp³-hybridized carbons (Fsp3) is 0.222. The Balaban J connectivity index is 2.05. The molecule has 0 heterocycles. The summed E-state index contributed by atoms with van der Waals surface area (Å²) in [5.41, 5.74) is 5.48. The Morgan fingerprint density at radius 3 is 2.08 bits per heavy atom. The lowest BCUT2D eigenvalue weighted by atomic mass is 10.0. The van der Waals surface area contributed by atoms with Crippen molar-refractivity contribution in [1.29, 1.82) is 0 Å². The normalized spacial score (nSPS) is 11.4. The first kappa shape index (κ1) is 17.3. The van der Waals surface area contributed by atoms with E-state index in [1.165, 1.54) is 12.1 Å². The number of amides is 1. The van der Waals surface area contributed by atoms with Gasteiger partial charge in [-0.2, -0.15) is 5.10 Å². The molecule has 0 aliphatic heterocycles. The highest BCUT2D eigenvalue weighted by molar-refractivity contribution is 6.01. The molecule has 2 aromatic rings. The molecule has 1 amide bonds. The van der Waals surface area contributed by atoms with Crippen molar-refractivity contribution < 1.29 is 9.72 Å². The second kappa shape index (κ2) is 7.50. The smallest absolute Gasteiger partial charge is 0.267 e. The van der Waals surface area contributed by atoms with Gasteiger partial charge < -0.3 is 0 Å². The molecule has 2 rings (SSSR count). The van der Waals surface area contributed by atoms with Gasteiger partial charge in [0.1, 0.15) is 0 Å². The van der Waals surface area contributed by atoms with Crippen LogP contribution in [0.1, 0.15) is 48.2 Å². The number of carbonyl (C=O) groups excluding carboxylic acids is 1. The molecule has 124 valence electrons. The fourth-order valence-corrected chi connectivity index (χ4v) is 2.11. The van der Waals surface area contributed by atoms with Crippen molar-refractivity contribution in [3.63, 3.8) is 0 Å². The third kappa shape index (κ3) is 4.25. The third-order valence-corrected chi connectivity index (χ3v) is 3.66. The molecule has 0 fully saturated rings. The maximum Gasteiger partial charge on any atom is 0.271 e. The van der Waals surface area contributed by atoms with Crippen LogP contribution in [0.25, 0.3) is 0 Å². The van der Waals surface area contributed by atoms with Crippen LogP contribution in [0.4, 0.5) is 5.69 Å². The van der Waals surface area contributed by atoms with Crippen molar-refractivity contribution in [2.24, 2.45) is 5.10 Å². The summed E-state index contributed by atoms with van der Waals surface area (Å²) in [5.74, 6) is 0.107. The number of hydrogen-bond acceptors (Lipinski definition) is 4. The minimum Gasteiger partial charge on any atom is -0.267 e. The zero-order valence-corrected chi connectivity index (χ0v) is 13.8. The summed E-state index contributed by atoms with van der Waals surface area (Å²) in [7, 11) is 0. The number of nitrogens with zero attached hydrogens (tertiary/aromatic N) is 2. The number of nitro groups is 1. The van der Waals surface area contributed by atoms with E-state index in [1.807, 2.05) is 12.1 Å². The zero-order chi connectivity index (χ0) is 17.7. The van der Waals surface area contributed by atoms with E-state index >= 15 is 0 Å². The van der Waals surface area contributed by atoms with Gasteiger partial charge in [-0.15, -0.1) is 0 Å². The summed E-state index contributed by atoms with van der Waals surface area (Å²) in [6.45, 7) is 5.91. The van der Waals surface area contributed by atoms with Gasteiger partial charge in [-0.05, 0) is 48.2 Å². The summed E-state index contributed by atoms with van der Waals surface area (Å²) < 4.78 is 0. The van der Waals surface area contributed by atoms with Gasteiger partial charge >= 0.3 is 0 Å².